The molecule has 3 rings (SSSR count). The van der Waals surface area contributed by atoms with Gasteiger partial charge in [0.25, 0.3) is 0 Å². The van der Waals surface area contributed by atoms with E-state index >= 15 is 0 Å². The van der Waals surface area contributed by atoms with Gasteiger partial charge in [-0.3, -0.25) is 9.59 Å². The first kappa shape index (κ1) is 19.3. The maximum Gasteiger partial charge on any atom is 0.248 e. The number of benzene rings is 1. The number of ketones is 1. The molecule has 0 aromatic heterocycles. The van der Waals surface area contributed by atoms with Crippen molar-refractivity contribution in [1.82, 2.24) is 10.2 Å². The minimum Gasteiger partial charge on any atom is -0.375 e. The third kappa shape index (κ3) is 4.12. The maximum absolute atomic E-state index is 12.6. The van der Waals surface area contributed by atoms with Crippen molar-refractivity contribution in [1.29, 1.82) is 0 Å². The lowest BCUT2D eigenvalue weighted by atomic mass is 9.89. The van der Waals surface area contributed by atoms with Crippen LogP contribution >= 0.6 is 0 Å². The Balaban J connectivity index is 1.72. The summed E-state index contributed by atoms with van der Waals surface area (Å²) in [6.45, 7) is 10.1. The van der Waals surface area contributed by atoms with Crippen molar-refractivity contribution in [2.45, 2.75) is 44.7 Å². The zero-order valence-electron chi connectivity index (χ0n) is 16.0. The zero-order chi connectivity index (χ0) is 19.6. The van der Waals surface area contributed by atoms with Crippen LogP contribution in [0.15, 0.2) is 54.8 Å². The maximum atomic E-state index is 12.6. The van der Waals surface area contributed by atoms with Gasteiger partial charge in [0.1, 0.15) is 12.1 Å². The third-order valence-corrected chi connectivity index (χ3v) is 4.78. The Hall–Kier alpha value is -2.44. The summed E-state index contributed by atoms with van der Waals surface area (Å²) in [5.41, 5.74) is 1.25. The van der Waals surface area contributed by atoms with Gasteiger partial charge in [0, 0.05) is 23.9 Å². The molecule has 2 saturated heterocycles. The number of β-lactam (4-membered cyclic amide) rings is 1. The molecule has 0 spiro atoms. The molecule has 2 aliphatic heterocycles. The Kier molecular flexibility index (Phi) is 5.48. The second kappa shape index (κ2) is 7.66. The molecule has 6 heteroatoms. The minimum absolute atomic E-state index is 0.0342. The standard InChI is InChI=1S/C21H26N2O4/c1-5-11-23-19(17-13-26-21(3,4)27-17)18(20(23)25)22-14(2)12-16(24)15-9-7-6-8-10-15/h5-10,12,17-19,22H,1,11,13H2,2-4H3/b14-12-/t17-,18-,19+/m0/s1. The first-order valence-electron chi connectivity index (χ1n) is 9.10. The molecule has 1 N–H and O–H groups in total. The number of carbonyl (C=O) groups excluding carboxylic acids is 2. The van der Waals surface area contributed by atoms with Crippen molar-refractivity contribution in [3.05, 3.63) is 60.3 Å². The number of likely N-dealkylation sites (tertiary alicyclic amines) is 1. The highest BCUT2D eigenvalue weighted by atomic mass is 16.7. The zero-order valence-corrected chi connectivity index (χ0v) is 16.0. The number of nitrogens with one attached hydrogen (secondary N) is 1. The molecule has 6 nitrogen and oxygen atoms in total. The van der Waals surface area contributed by atoms with Gasteiger partial charge < -0.3 is 19.7 Å². The molecule has 2 aliphatic rings. The van der Waals surface area contributed by atoms with E-state index in [0.29, 0.717) is 24.4 Å². The van der Waals surface area contributed by atoms with Gasteiger partial charge in [0.15, 0.2) is 11.6 Å². The number of nitrogens with zero attached hydrogens (tertiary/aromatic N) is 1. The van der Waals surface area contributed by atoms with Crippen molar-refractivity contribution in [3.8, 4) is 0 Å². The molecule has 2 fully saturated rings. The Morgan fingerprint density at radius 1 is 1.37 bits per heavy atom. The van der Waals surface area contributed by atoms with Gasteiger partial charge in [0.05, 0.1) is 12.6 Å². The van der Waals surface area contributed by atoms with E-state index in [-0.39, 0.29) is 23.8 Å². The smallest absolute Gasteiger partial charge is 0.248 e. The van der Waals surface area contributed by atoms with Crippen molar-refractivity contribution in [2.75, 3.05) is 13.2 Å². The largest absolute Gasteiger partial charge is 0.375 e. The van der Waals surface area contributed by atoms with E-state index < -0.39 is 11.8 Å². The molecule has 0 radical (unpaired) electrons. The van der Waals surface area contributed by atoms with Crippen LogP contribution in [0.25, 0.3) is 0 Å². The van der Waals surface area contributed by atoms with Crippen LogP contribution in [0.2, 0.25) is 0 Å². The van der Waals surface area contributed by atoms with Gasteiger partial charge >= 0.3 is 0 Å². The Labute approximate surface area is 159 Å². The van der Waals surface area contributed by atoms with E-state index in [1.54, 1.807) is 30.0 Å². The number of hydrogen-bond acceptors (Lipinski definition) is 5. The predicted molar refractivity (Wildman–Crippen MR) is 102 cm³/mol. The van der Waals surface area contributed by atoms with E-state index in [1.165, 1.54) is 6.08 Å². The molecule has 2 heterocycles. The molecular formula is C21H26N2O4. The molecule has 1 aromatic rings. The topological polar surface area (TPSA) is 67.9 Å². The van der Waals surface area contributed by atoms with E-state index in [9.17, 15) is 9.59 Å². The van der Waals surface area contributed by atoms with Crippen LogP contribution < -0.4 is 5.32 Å². The van der Waals surface area contributed by atoms with Gasteiger partial charge in [-0.25, -0.2) is 0 Å². The Morgan fingerprint density at radius 3 is 2.67 bits per heavy atom. The minimum atomic E-state index is -0.665. The second-order valence-corrected chi connectivity index (χ2v) is 7.32. The highest BCUT2D eigenvalue weighted by Crippen LogP contribution is 2.33. The van der Waals surface area contributed by atoms with Crippen LogP contribution in [0.1, 0.15) is 31.1 Å². The van der Waals surface area contributed by atoms with Gasteiger partial charge in [-0.15, -0.1) is 6.58 Å². The van der Waals surface area contributed by atoms with Crippen LogP contribution in [0.4, 0.5) is 0 Å². The molecule has 3 atom stereocenters. The normalized spacial score (nSPS) is 27.2. The van der Waals surface area contributed by atoms with Gasteiger partial charge in [-0.05, 0) is 20.8 Å². The summed E-state index contributed by atoms with van der Waals surface area (Å²) < 4.78 is 11.6. The van der Waals surface area contributed by atoms with Crippen LogP contribution in [0, 0.1) is 0 Å². The Bertz CT molecular complexity index is 757. The highest BCUT2D eigenvalue weighted by molar-refractivity contribution is 6.04. The molecular weight excluding hydrogens is 344 g/mol. The lowest BCUT2D eigenvalue weighted by Gasteiger charge is -2.49. The number of carbonyl (C=O) groups is 2. The summed E-state index contributed by atoms with van der Waals surface area (Å²) >= 11 is 0. The van der Waals surface area contributed by atoms with Gasteiger partial charge in [-0.1, -0.05) is 36.4 Å². The van der Waals surface area contributed by atoms with Crippen molar-refractivity contribution < 1.29 is 19.1 Å². The average molecular weight is 370 g/mol. The fourth-order valence-electron chi connectivity index (χ4n) is 3.54. The predicted octanol–water partition coefficient (Wildman–Crippen LogP) is 2.28. The summed E-state index contributed by atoms with van der Waals surface area (Å²) in [6, 6.07) is 8.41. The number of hydrogen-bond donors (Lipinski definition) is 1. The fourth-order valence-corrected chi connectivity index (χ4v) is 3.54. The average Bonchev–Trinajstić information content (AvgIpc) is 3.00. The van der Waals surface area contributed by atoms with E-state index in [1.807, 2.05) is 32.0 Å². The van der Waals surface area contributed by atoms with Crippen molar-refractivity contribution in [2.24, 2.45) is 0 Å². The van der Waals surface area contributed by atoms with Gasteiger partial charge in [-0.2, -0.15) is 0 Å². The Morgan fingerprint density at radius 2 is 2.07 bits per heavy atom. The number of allylic oxidation sites excluding steroid dienone is 2. The second-order valence-electron chi connectivity index (χ2n) is 7.32. The quantitative estimate of drug-likeness (QED) is 0.345. The first-order chi connectivity index (χ1) is 12.8. The molecule has 0 aliphatic carbocycles. The number of amides is 1. The van der Waals surface area contributed by atoms with Crippen LogP contribution in [0.3, 0.4) is 0 Å². The monoisotopic (exact) mass is 370 g/mol. The van der Waals surface area contributed by atoms with Gasteiger partial charge in [0.2, 0.25) is 5.91 Å². The highest BCUT2D eigenvalue weighted by Gasteiger charge is 2.54. The van der Waals surface area contributed by atoms with E-state index in [4.69, 9.17) is 9.47 Å². The lowest BCUT2D eigenvalue weighted by Crippen LogP contribution is -2.73. The summed E-state index contributed by atoms with van der Waals surface area (Å²) in [5.74, 6) is -0.802. The summed E-state index contributed by atoms with van der Waals surface area (Å²) in [7, 11) is 0. The molecule has 0 bridgehead atoms. The molecule has 0 unspecified atom stereocenters. The SMILES string of the molecule is C=CCN1C(=O)[C@@H](N/C(C)=C\C(=O)c2ccccc2)[C@H]1[C@@H]1COC(C)(C)O1. The van der Waals surface area contributed by atoms with Crippen molar-refractivity contribution >= 4 is 11.7 Å². The lowest BCUT2D eigenvalue weighted by molar-refractivity contribution is -0.172. The van der Waals surface area contributed by atoms with E-state index in [0.717, 1.165) is 0 Å². The number of ether oxygens (including phenoxy) is 2. The summed E-state index contributed by atoms with van der Waals surface area (Å²) in [4.78, 5) is 26.7. The fraction of sp³-hybridized carbons (Fsp3) is 0.429. The first-order valence-corrected chi connectivity index (χ1v) is 9.10. The summed E-state index contributed by atoms with van der Waals surface area (Å²) in [6.07, 6.45) is 2.99. The third-order valence-electron chi connectivity index (χ3n) is 4.78. The van der Waals surface area contributed by atoms with Crippen LogP contribution in [0.5, 0.6) is 0 Å². The van der Waals surface area contributed by atoms with Crippen LogP contribution in [-0.4, -0.2) is 53.7 Å². The molecule has 1 amide bonds. The van der Waals surface area contributed by atoms with Crippen molar-refractivity contribution in [3.63, 3.8) is 0 Å². The molecule has 144 valence electrons. The molecule has 1 aromatic carbocycles. The molecule has 0 saturated carbocycles. The van der Waals surface area contributed by atoms with E-state index in [2.05, 4.69) is 11.9 Å². The molecule has 27 heavy (non-hydrogen) atoms. The van der Waals surface area contributed by atoms with Crippen LogP contribution in [-0.2, 0) is 14.3 Å². The summed E-state index contributed by atoms with van der Waals surface area (Å²) in [5, 5.41) is 3.19. The number of rotatable bonds is 7.